The van der Waals surface area contributed by atoms with Crippen LogP contribution in [0.5, 0.6) is 23.0 Å². The number of benzene rings is 4. The van der Waals surface area contributed by atoms with Crippen molar-refractivity contribution in [3.05, 3.63) is 120 Å². The third kappa shape index (κ3) is 22.8. The fourth-order valence-corrected chi connectivity index (χ4v) is 20.3. The molecule has 10 aliphatic rings. The van der Waals surface area contributed by atoms with Crippen molar-refractivity contribution < 1.29 is 72.6 Å². The van der Waals surface area contributed by atoms with Crippen molar-refractivity contribution in [2.75, 3.05) is 176 Å². The summed E-state index contributed by atoms with van der Waals surface area (Å²) in [5.41, 5.74) is 5.50. The summed E-state index contributed by atoms with van der Waals surface area (Å²) in [5.74, 6) is 6.02. The number of carbonyl (C=O) groups excluding carboxylic acids is 8. The summed E-state index contributed by atoms with van der Waals surface area (Å²) in [7, 11) is 13.4. The molecular formula is C103H138N24O15. The van der Waals surface area contributed by atoms with E-state index in [0.29, 0.717) is 166 Å². The summed E-state index contributed by atoms with van der Waals surface area (Å²) in [4.78, 5) is 156. The quantitative estimate of drug-likeness (QED) is 0.0203. The van der Waals surface area contributed by atoms with Gasteiger partial charge in [-0.15, -0.1) is 0 Å². The molecule has 6 fully saturated rings. The van der Waals surface area contributed by atoms with Gasteiger partial charge in [0.1, 0.15) is 45.7 Å². The molecule has 4 aliphatic heterocycles. The lowest BCUT2D eigenvalue weighted by Gasteiger charge is -2.34. The van der Waals surface area contributed by atoms with Gasteiger partial charge in [-0.05, 0) is 205 Å². The number of methoxy groups -OCH3 is 4. The van der Waals surface area contributed by atoms with Crippen LogP contribution in [0, 0.1) is 21.7 Å². The largest absolute Gasteiger partial charge is 0.495 e. The van der Waals surface area contributed by atoms with Crippen LogP contribution in [0.1, 0.15) is 225 Å². The van der Waals surface area contributed by atoms with Crippen LogP contribution < -0.4 is 101 Å². The van der Waals surface area contributed by atoms with Crippen LogP contribution in [0.15, 0.2) is 97.6 Å². The second-order valence-electron chi connectivity index (χ2n) is 40.3. The van der Waals surface area contributed by atoms with Crippen molar-refractivity contribution >= 4 is 140 Å². The maximum absolute atomic E-state index is 13.2. The van der Waals surface area contributed by atoms with Crippen molar-refractivity contribution in [1.29, 1.82) is 0 Å². The van der Waals surface area contributed by atoms with Crippen molar-refractivity contribution in [3.8, 4) is 23.0 Å². The highest BCUT2D eigenvalue weighted by Crippen LogP contribution is 2.55. The van der Waals surface area contributed by atoms with E-state index in [1.807, 2.05) is 55.6 Å². The minimum Gasteiger partial charge on any atom is -0.495 e. The highest BCUT2D eigenvalue weighted by molar-refractivity contribution is 6.06. The second kappa shape index (κ2) is 44.3. The monoisotopic (exact) mass is 1950 g/mol. The Kier molecular flexibility index (Phi) is 32.1. The maximum Gasteiger partial charge on any atom is 0.251 e. The highest BCUT2D eigenvalue weighted by atomic mass is 16.5. The first-order chi connectivity index (χ1) is 68.1. The van der Waals surface area contributed by atoms with Gasteiger partial charge in [-0.25, -0.2) is 19.9 Å². The number of aromatic nitrogens is 8. The summed E-state index contributed by atoms with van der Waals surface area (Å²) in [5, 5.41) is 51.0. The van der Waals surface area contributed by atoms with Crippen LogP contribution in [0.2, 0.25) is 0 Å². The molecule has 0 saturated heterocycles. The first kappa shape index (κ1) is 103. The lowest BCUT2D eigenvalue weighted by Crippen LogP contribution is -2.45. The van der Waals surface area contributed by atoms with Crippen LogP contribution in [0.4, 0.5) is 92.6 Å². The van der Waals surface area contributed by atoms with E-state index in [4.69, 9.17) is 49.1 Å². The topological polar surface area (TPSA) is 459 Å². The molecule has 0 bridgehead atoms. The number of carbonyl (C=O) groups is 8. The normalized spacial score (nSPS) is 18.5. The van der Waals surface area contributed by atoms with Gasteiger partial charge in [-0.2, -0.15) is 19.9 Å². The van der Waals surface area contributed by atoms with Gasteiger partial charge in [0.15, 0.2) is 23.3 Å². The van der Waals surface area contributed by atoms with Gasteiger partial charge < -0.3 is 116 Å². The number of aliphatic hydroxyl groups excluding tert-OH is 3. The van der Waals surface area contributed by atoms with Crippen LogP contribution >= 0.6 is 0 Å². The zero-order valence-electron chi connectivity index (χ0n) is 84.3. The molecule has 4 aromatic heterocycles. The molecule has 18 rings (SSSR count). The van der Waals surface area contributed by atoms with Crippen molar-refractivity contribution in [2.45, 2.75) is 220 Å². The van der Waals surface area contributed by atoms with Gasteiger partial charge in [0, 0.05) is 133 Å². The molecule has 2 spiro atoms. The number of hydrogen-bond acceptors (Lipinski definition) is 31. The Bertz CT molecular complexity index is 5930. The van der Waals surface area contributed by atoms with E-state index in [0.717, 1.165) is 112 Å². The summed E-state index contributed by atoms with van der Waals surface area (Å²) < 4.78 is 22.1. The molecule has 8 heterocycles. The second-order valence-corrected chi connectivity index (χ2v) is 40.3. The number of amides is 8. The number of ether oxygens (including phenoxy) is 4. The third-order valence-corrected chi connectivity index (χ3v) is 28.6. The molecule has 6 saturated carbocycles. The lowest BCUT2D eigenvalue weighted by molar-refractivity contribution is -0.126. The summed E-state index contributed by atoms with van der Waals surface area (Å²) in [6, 6.07) is 21.6. The van der Waals surface area contributed by atoms with E-state index < -0.39 is 10.8 Å². The SMILES string of the molecule is COc1cc(C(=O)NC(C)C)ccc1Nc1ncc2c(n1)N(C1CCCC1)CC1(CC1)C(=O)N2C.COc1cc(C(=O)NC(C)CO)ccc1Nc1ncc2c(n1)N(C1CCCC1)CC(C)(C)C(=O)N2C.COc1cc(C(=O)NCCCO)ccc1Nc1ncc2c(n1)N(C1CCCC1)CC1(CC1)C(=O)N2C.COc1cc(C(=O)NCCO)ccc1Nc1ncc2c(n1)N(C1CCCC1)CC(C)(C)C(=O)N2C. The van der Waals surface area contributed by atoms with E-state index in [-0.39, 0.29) is 96.5 Å². The van der Waals surface area contributed by atoms with E-state index in [2.05, 4.69) is 82.1 Å². The Balaban J connectivity index is 0.000000143. The van der Waals surface area contributed by atoms with Gasteiger partial charge >= 0.3 is 0 Å². The molecule has 4 aromatic carbocycles. The molecule has 11 N–H and O–H groups in total. The van der Waals surface area contributed by atoms with Gasteiger partial charge in [-0.3, -0.25) is 38.4 Å². The van der Waals surface area contributed by atoms with E-state index in [1.165, 1.54) is 65.6 Å². The average Bonchev–Trinajstić information content (AvgIpc) is 1.58. The predicted molar refractivity (Wildman–Crippen MR) is 546 cm³/mol. The average molecular weight is 1950 g/mol. The number of aliphatic hydroxyl groups is 3. The van der Waals surface area contributed by atoms with Crippen molar-refractivity contribution in [3.63, 3.8) is 0 Å². The standard InChI is InChI=1S/C26H34N6O4.C26H36N6O4.C26H34N6O3.C25H34N6O4/c1-31-20-15-28-25(29-19-9-8-17(14-21(19)36-2)23(34)27-12-5-13-33)30-22(20)32(18-6-3-4-7-18)16-26(10-11-26)24(31)35;1-16(14-33)28-23(34)17-10-11-19(21(12-17)36-5)29-25-27-13-20-22(30-25)32(18-8-6-7-9-18)15-26(2,3)24(35)31(20)4;1-16(2)28-23(33)17-9-10-19(21(13-17)35-4)29-25-27-14-20-22(30-25)32(18-7-5-6-8-18)15-26(11-12-26)24(34)31(20)3;1-25(2)15-31(17-7-5-6-8-17)21-19(30(3)23(25)34)14-27-24(29-21)28-18-10-9-16(13-20(18)35-4)22(33)26-11-12-32/h8-9,14-15,18,33H,3-7,10-13,16H2,1-2H3,(H,27,34)(H,28,29,30);10-13,16,18,33H,6-9,14-15H2,1-5H3,(H,28,34)(H,27,29,30);9-10,13-14,16,18H,5-8,11-12,15H2,1-4H3,(H,28,33)(H,27,29,30);9-10,13-14,17,32H,5-8,11-12,15H2,1-4H3,(H,26,33)(H,27,28,29). The van der Waals surface area contributed by atoms with Crippen LogP contribution in [0.25, 0.3) is 0 Å². The maximum atomic E-state index is 13.2. The Labute approximate surface area is 829 Å². The molecule has 6 aliphatic carbocycles. The number of nitrogens with one attached hydrogen (secondary N) is 8. The molecule has 39 nitrogen and oxygen atoms in total. The fourth-order valence-electron chi connectivity index (χ4n) is 20.3. The minimum absolute atomic E-state index is 0.0242. The first-order valence-corrected chi connectivity index (χ1v) is 49.6. The number of hydrogen-bond donors (Lipinski definition) is 11. The molecule has 8 aromatic rings. The van der Waals surface area contributed by atoms with Crippen molar-refractivity contribution in [2.24, 2.45) is 21.7 Å². The Hall–Kier alpha value is -13.6. The summed E-state index contributed by atoms with van der Waals surface area (Å²) in [6.07, 6.45) is 29.3. The molecule has 142 heavy (non-hydrogen) atoms. The van der Waals surface area contributed by atoms with Crippen LogP contribution in [0.3, 0.4) is 0 Å². The number of anilines is 16. The van der Waals surface area contributed by atoms with Gasteiger partial charge in [0.25, 0.3) is 23.6 Å². The van der Waals surface area contributed by atoms with Crippen molar-refractivity contribution in [1.82, 2.24) is 61.1 Å². The Morgan fingerprint density at radius 2 is 0.655 bits per heavy atom. The molecular weight excluding hydrogens is 1810 g/mol. The lowest BCUT2D eigenvalue weighted by atomic mass is 9.91. The zero-order valence-corrected chi connectivity index (χ0v) is 84.3. The van der Waals surface area contributed by atoms with E-state index >= 15 is 0 Å². The molecule has 0 radical (unpaired) electrons. The van der Waals surface area contributed by atoms with E-state index in [9.17, 15) is 43.5 Å². The Morgan fingerprint density at radius 3 is 0.923 bits per heavy atom. The van der Waals surface area contributed by atoms with Gasteiger partial charge in [-0.1, -0.05) is 51.4 Å². The molecule has 1 atom stereocenters. The smallest absolute Gasteiger partial charge is 0.251 e. The predicted octanol–water partition coefficient (Wildman–Crippen LogP) is 12.5. The first-order valence-electron chi connectivity index (χ1n) is 49.6. The van der Waals surface area contributed by atoms with E-state index in [1.54, 1.807) is 152 Å². The number of nitrogens with zero attached hydrogens (tertiary/aromatic N) is 16. The molecule has 8 amide bonds. The highest BCUT2D eigenvalue weighted by Gasteiger charge is 2.57. The zero-order chi connectivity index (χ0) is 101. The van der Waals surface area contributed by atoms with Gasteiger partial charge in [0.2, 0.25) is 47.4 Å². The molecule has 39 heteroatoms. The number of fused-ring (bicyclic) bond motifs is 4. The molecule has 760 valence electrons. The summed E-state index contributed by atoms with van der Waals surface area (Å²) >= 11 is 0. The fraction of sp³-hybridized carbons (Fsp3) is 0.534. The number of rotatable bonds is 28. The third-order valence-electron chi connectivity index (χ3n) is 28.6. The van der Waals surface area contributed by atoms with Crippen LogP contribution in [-0.4, -0.2) is 254 Å². The molecule has 1 unspecified atom stereocenters. The summed E-state index contributed by atoms with van der Waals surface area (Å²) in [6.45, 7) is 16.4. The van der Waals surface area contributed by atoms with Gasteiger partial charge in [0.05, 0.1) is 111 Å². The Morgan fingerprint density at radius 1 is 0.380 bits per heavy atom. The van der Waals surface area contributed by atoms with Crippen LogP contribution in [-0.2, 0) is 19.2 Å². The minimum atomic E-state index is -0.557.